The van der Waals surface area contributed by atoms with Crippen molar-refractivity contribution in [3.8, 4) is 0 Å². The van der Waals surface area contributed by atoms with Gasteiger partial charge >= 0.3 is 0 Å². The lowest BCUT2D eigenvalue weighted by atomic mass is 10.1. The summed E-state index contributed by atoms with van der Waals surface area (Å²) in [6, 6.07) is 5.52. The molecule has 0 aromatic heterocycles. The number of amides is 1. The second-order valence-electron chi connectivity index (χ2n) is 5.96. The number of nitro benzene ring substituents is 1. The molecule has 1 amide bonds. The quantitative estimate of drug-likeness (QED) is 0.666. The van der Waals surface area contributed by atoms with E-state index in [1.54, 1.807) is 17.0 Å². The lowest BCUT2D eigenvalue weighted by molar-refractivity contribution is -0.385. The number of rotatable bonds is 2. The summed E-state index contributed by atoms with van der Waals surface area (Å²) in [7, 11) is 0. The molecular weight excluding hydrogens is 270 g/mol. The minimum absolute atomic E-state index is 0.104. The maximum Gasteiger partial charge on any atom is 0.282 e. The number of nitrogens with one attached hydrogen (secondary N) is 1. The molecule has 2 aliphatic rings. The van der Waals surface area contributed by atoms with Gasteiger partial charge in [0.05, 0.1) is 4.92 Å². The Labute approximate surface area is 123 Å². The van der Waals surface area contributed by atoms with Crippen LogP contribution in [-0.2, 0) is 0 Å². The first-order chi connectivity index (χ1) is 10.0. The van der Waals surface area contributed by atoms with E-state index in [0.717, 1.165) is 24.8 Å². The van der Waals surface area contributed by atoms with Crippen LogP contribution in [-0.4, -0.2) is 40.9 Å². The van der Waals surface area contributed by atoms with Gasteiger partial charge in [0.25, 0.3) is 11.6 Å². The molecule has 3 rings (SSSR count). The van der Waals surface area contributed by atoms with Gasteiger partial charge in [-0.05, 0) is 37.8 Å². The normalized spacial score (nSPS) is 24.7. The third-order valence-electron chi connectivity index (χ3n) is 4.39. The van der Waals surface area contributed by atoms with Crippen LogP contribution in [0, 0.1) is 17.0 Å². The lowest BCUT2D eigenvalue weighted by Gasteiger charge is -2.24. The van der Waals surface area contributed by atoms with E-state index in [-0.39, 0.29) is 17.2 Å². The van der Waals surface area contributed by atoms with Crippen molar-refractivity contribution < 1.29 is 9.72 Å². The van der Waals surface area contributed by atoms with Crippen LogP contribution in [0.3, 0.4) is 0 Å². The van der Waals surface area contributed by atoms with Crippen LogP contribution in [0.15, 0.2) is 18.2 Å². The van der Waals surface area contributed by atoms with Gasteiger partial charge in [0, 0.05) is 31.2 Å². The van der Waals surface area contributed by atoms with Gasteiger partial charge in [-0.1, -0.05) is 6.07 Å². The van der Waals surface area contributed by atoms with E-state index in [4.69, 9.17) is 0 Å². The summed E-state index contributed by atoms with van der Waals surface area (Å²) in [6.07, 6.45) is 3.16. The van der Waals surface area contributed by atoms with Gasteiger partial charge in [0.1, 0.15) is 5.56 Å². The van der Waals surface area contributed by atoms with E-state index in [2.05, 4.69) is 5.32 Å². The highest BCUT2D eigenvalue weighted by atomic mass is 16.6. The van der Waals surface area contributed by atoms with Crippen molar-refractivity contribution in [1.29, 1.82) is 0 Å². The van der Waals surface area contributed by atoms with E-state index >= 15 is 0 Å². The first-order valence-electron chi connectivity index (χ1n) is 7.35. The standard InChI is InChI=1S/C15H19N3O3/c1-10-2-5-14(18(20)21)13(8-10)15(19)17-7-6-11-3-4-12(9-17)16-11/h2,5,8,11-12,16H,3-4,6-7,9H2,1H3. The number of nitrogens with zero attached hydrogens (tertiary/aromatic N) is 2. The Morgan fingerprint density at radius 1 is 1.33 bits per heavy atom. The topological polar surface area (TPSA) is 75.5 Å². The smallest absolute Gasteiger partial charge is 0.282 e. The zero-order valence-electron chi connectivity index (χ0n) is 12.0. The minimum atomic E-state index is -0.477. The van der Waals surface area contributed by atoms with Crippen molar-refractivity contribution >= 4 is 11.6 Å². The molecule has 6 heteroatoms. The number of likely N-dealkylation sites (tertiary alicyclic amines) is 1. The number of fused-ring (bicyclic) bond motifs is 2. The maximum absolute atomic E-state index is 12.7. The van der Waals surface area contributed by atoms with E-state index < -0.39 is 4.92 Å². The van der Waals surface area contributed by atoms with Crippen LogP contribution < -0.4 is 5.32 Å². The van der Waals surface area contributed by atoms with Gasteiger partial charge in [-0.15, -0.1) is 0 Å². The Morgan fingerprint density at radius 3 is 2.86 bits per heavy atom. The van der Waals surface area contributed by atoms with Crippen LogP contribution in [0.4, 0.5) is 5.69 Å². The lowest BCUT2D eigenvalue weighted by Crippen LogP contribution is -2.39. The van der Waals surface area contributed by atoms with Crippen LogP contribution in [0.25, 0.3) is 0 Å². The number of hydrogen-bond donors (Lipinski definition) is 1. The number of carbonyl (C=O) groups is 1. The molecule has 2 aliphatic heterocycles. The molecule has 2 fully saturated rings. The molecule has 21 heavy (non-hydrogen) atoms. The highest BCUT2D eigenvalue weighted by Gasteiger charge is 2.33. The average molecular weight is 289 g/mol. The second kappa shape index (κ2) is 5.44. The molecule has 112 valence electrons. The molecule has 1 N–H and O–H groups in total. The molecule has 0 aliphatic carbocycles. The van der Waals surface area contributed by atoms with E-state index in [1.807, 2.05) is 6.92 Å². The second-order valence-corrected chi connectivity index (χ2v) is 5.96. The monoisotopic (exact) mass is 289 g/mol. The van der Waals surface area contributed by atoms with E-state index in [1.165, 1.54) is 6.07 Å². The van der Waals surface area contributed by atoms with Crippen molar-refractivity contribution in [3.63, 3.8) is 0 Å². The summed E-state index contributed by atoms with van der Waals surface area (Å²) in [5.41, 5.74) is 0.962. The predicted octanol–water partition coefficient (Wildman–Crippen LogP) is 1.87. The summed E-state index contributed by atoms with van der Waals surface area (Å²) in [4.78, 5) is 25.1. The number of nitro groups is 1. The molecule has 6 nitrogen and oxygen atoms in total. The van der Waals surface area contributed by atoms with Crippen LogP contribution in [0.5, 0.6) is 0 Å². The molecule has 2 unspecified atom stereocenters. The Kier molecular flexibility index (Phi) is 3.63. The summed E-state index contributed by atoms with van der Waals surface area (Å²) < 4.78 is 0. The summed E-state index contributed by atoms with van der Waals surface area (Å²) in [5.74, 6) is -0.222. The number of hydrogen-bond acceptors (Lipinski definition) is 4. The van der Waals surface area contributed by atoms with Crippen molar-refractivity contribution in [2.24, 2.45) is 0 Å². The van der Waals surface area contributed by atoms with Gasteiger partial charge in [-0.25, -0.2) is 0 Å². The fourth-order valence-corrected chi connectivity index (χ4v) is 3.28. The molecule has 1 aromatic rings. The molecule has 2 atom stereocenters. The van der Waals surface area contributed by atoms with E-state index in [0.29, 0.717) is 25.2 Å². The summed E-state index contributed by atoms with van der Waals surface area (Å²) in [6.45, 7) is 3.14. The van der Waals surface area contributed by atoms with Gasteiger partial charge in [-0.2, -0.15) is 0 Å². The van der Waals surface area contributed by atoms with E-state index in [9.17, 15) is 14.9 Å². The fraction of sp³-hybridized carbons (Fsp3) is 0.533. The number of benzene rings is 1. The van der Waals surface area contributed by atoms with Crippen LogP contribution >= 0.6 is 0 Å². The Morgan fingerprint density at radius 2 is 2.10 bits per heavy atom. The highest BCUT2D eigenvalue weighted by molar-refractivity contribution is 5.98. The molecular formula is C15H19N3O3. The van der Waals surface area contributed by atoms with Gasteiger partial charge < -0.3 is 10.2 Å². The minimum Gasteiger partial charge on any atom is -0.337 e. The Balaban J connectivity index is 1.87. The molecule has 0 radical (unpaired) electrons. The fourth-order valence-electron chi connectivity index (χ4n) is 3.28. The molecule has 1 aromatic carbocycles. The SMILES string of the molecule is Cc1ccc([N+](=O)[O-])c(C(=O)N2CCC3CCC(C2)N3)c1. The number of aryl methyl sites for hydroxylation is 1. The molecule has 2 bridgehead atoms. The molecule has 2 heterocycles. The van der Waals surface area contributed by atoms with Crippen molar-refractivity contribution in [2.45, 2.75) is 38.3 Å². The highest BCUT2D eigenvalue weighted by Crippen LogP contribution is 2.25. The summed E-state index contributed by atoms with van der Waals surface area (Å²) in [5, 5.41) is 14.6. The zero-order valence-corrected chi connectivity index (χ0v) is 12.0. The third kappa shape index (κ3) is 2.76. The Hall–Kier alpha value is -1.95. The molecule has 0 spiro atoms. The summed E-state index contributed by atoms with van der Waals surface area (Å²) >= 11 is 0. The van der Waals surface area contributed by atoms with Crippen molar-refractivity contribution in [1.82, 2.24) is 10.2 Å². The van der Waals surface area contributed by atoms with Crippen LogP contribution in [0.1, 0.15) is 35.2 Å². The average Bonchev–Trinajstić information content (AvgIpc) is 2.77. The predicted molar refractivity (Wildman–Crippen MR) is 78.3 cm³/mol. The largest absolute Gasteiger partial charge is 0.337 e. The molecule has 0 saturated carbocycles. The van der Waals surface area contributed by atoms with Gasteiger partial charge in [0.15, 0.2) is 0 Å². The van der Waals surface area contributed by atoms with Gasteiger partial charge in [0.2, 0.25) is 0 Å². The zero-order chi connectivity index (χ0) is 15.0. The Bertz CT molecular complexity index is 588. The molecule has 2 saturated heterocycles. The third-order valence-corrected chi connectivity index (χ3v) is 4.39. The van der Waals surface area contributed by atoms with Crippen molar-refractivity contribution in [2.75, 3.05) is 13.1 Å². The first kappa shape index (κ1) is 14.0. The van der Waals surface area contributed by atoms with Crippen LogP contribution in [0.2, 0.25) is 0 Å². The first-order valence-corrected chi connectivity index (χ1v) is 7.35. The maximum atomic E-state index is 12.7. The van der Waals surface area contributed by atoms with Crippen molar-refractivity contribution in [3.05, 3.63) is 39.4 Å². The number of carbonyl (C=O) groups excluding carboxylic acids is 1. The van der Waals surface area contributed by atoms with Gasteiger partial charge in [-0.3, -0.25) is 14.9 Å².